The molecule has 3 rings (SSSR count). The number of nitrogens with one attached hydrogen (secondary N) is 1. The van der Waals surface area contributed by atoms with Crippen LogP contribution in [0.15, 0.2) is 12.1 Å². The minimum atomic E-state index is 0.522. The molecule has 0 saturated carbocycles. The Kier molecular flexibility index (Phi) is 3.94. The van der Waals surface area contributed by atoms with E-state index < -0.39 is 0 Å². The first kappa shape index (κ1) is 13.7. The van der Waals surface area contributed by atoms with Gasteiger partial charge in [0.15, 0.2) is 5.82 Å². The van der Waals surface area contributed by atoms with Crippen LogP contribution in [-0.2, 0) is 4.74 Å². The van der Waals surface area contributed by atoms with Crippen LogP contribution in [0.4, 0.5) is 11.9 Å². The molecule has 2 aromatic heterocycles. The highest BCUT2D eigenvalue weighted by Crippen LogP contribution is 2.27. The van der Waals surface area contributed by atoms with Gasteiger partial charge in [-0.25, -0.2) is 0 Å². The number of morpholine rings is 1. The lowest BCUT2D eigenvalue weighted by atomic mass is 10.4. The zero-order chi connectivity index (χ0) is 14.7. The summed E-state index contributed by atoms with van der Waals surface area (Å²) in [5.74, 6) is 1.75. The zero-order valence-electron chi connectivity index (χ0n) is 11.5. The smallest absolute Gasteiger partial charge is 0.230 e. The fourth-order valence-electron chi connectivity index (χ4n) is 2.01. The molecule has 8 heteroatoms. The summed E-state index contributed by atoms with van der Waals surface area (Å²) in [6.45, 7) is 2.88. The van der Waals surface area contributed by atoms with Crippen molar-refractivity contribution in [2.75, 3.05) is 43.6 Å². The first-order valence-corrected chi connectivity index (χ1v) is 7.38. The van der Waals surface area contributed by atoms with E-state index in [1.165, 1.54) is 11.3 Å². The van der Waals surface area contributed by atoms with Crippen LogP contribution in [0.1, 0.15) is 4.88 Å². The molecule has 21 heavy (non-hydrogen) atoms. The lowest BCUT2D eigenvalue weighted by Crippen LogP contribution is -2.37. The molecule has 3 heterocycles. The zero-order valence-corrected chi connectivity index (χ0v) is 12.4. The molecule has 1 fully saturated rings. The molecule has 0 amide bonds. The highest BCUT2D eigenvalue weighted by molar-refractivity contribution is 7.15. The number of rotatable bonds is 3. The van der Waals surface area contributed by atoms with Crippen LogP contribution < -0.4 is 10.2 Å². The van der Waals surface area contributed by atoms with Gasteiger partial charge < -0.3 is 15.0 Å². The minimum Gasteiger partial charge on any atom is -0.378 e. The van der Waals surface area contributed by atoms with Crippen molar-refractivity contribution in [3.63, 3.8) is 0 Å². The second-order valence-corrected chi connectivity index (χ2v) is 5.49. The Morgan fingerprint density at radius 1 is 1.29 bits per heavy atom. The monoisotopic (exact) mass is 302 g/mol. The maximum atomic E-state index is 8.93. The van der Waals surface area contributed by atoms with E-state index in [1.807, 2.05) is 6.07 Å². The molecule has 1 aliphatic heterocycles. The average Bonchev–Trinajstić information content (AvgIpc) is 3.04. The van der Waals surface area contributed by atoms with Crippen LogP contribution in [-0.4, -0.2) is 48.3 Å². The Balaban J connectivity index is 1.98. The van der Waals surface area contributed by atoms with Crippen LogP contribution in [0.3, 0.4) is 0 Å². The molecule has 0 unspecified atom stereocenters. The van der Waals surface area contributed by atoms with Crippen LogP contribution in [0, 0.1) is 11.3 Å². The van der Waals surface area contributed by atoms with E-state index in [2.05, 4.69) is 31.2 Å². The van der Waals surface area contributed by atoms with E-state index in [0.29, 0.717) is 35.8 Å². The second-order valence-electron chi connectivity index (χ2n) is 4.41. The maximum Gasteiger partial charge on any atom is 0.230 e. The summed E-state index contributed by atoms with van der Waals surface area (Å²) in [5.41, 5.74) is 0. The van der Waals surface area contributed by atoms with Crippen LogP contribution in [0.5, 0.6) is 0 Å². The standard InChI is InChI=1S/C13H14N6OS/c1-15-12-16-11(10-3-2-9(8-14)21-10)17-13(18-12)19-4-6-20-7-5-19/h2-3H,4-7H2,1H3,(H,15,16,17,18). The van der Waals surface area contributed by atoms with Crippen LogP contribution in [0.2, 0.25) is 0 Å². The molecule has 0 spiro atoms. The maximum absolute atomic E-state index is 8.93. The number of thiophene rings is 1. The van der Waals surface area contributed by atoms with Gasteiger partial charge in [-0.05, 0) is 12.1 Å². The molecule has 0 aromatic carbocycles. The van der Waals surface area contributed by atoms with E-state index in [9.17, 15) is 0 Å². The Labute approximate surface area is 126 Å². The Hall–Kier alpha value is -2.24. The number of ether oxygens (including phenoxy) is 1. The van der Waals surface area contributed by atoms with Crippen LogP contribution in [0.25, 0.3) is 10.7 Å². The third-order valence-electron chi connectivity index (χ3n) is 3.08. The molecule has 0 aliphatic carbocycles. The number of hydrogen-bond donors (Lipinski definition) is 1. The number of aromatic nitrogens is 3. The van der Waals surface area contributed by atoms with Gasteiger partial charge in [-0.2, -0.15) is 20.2 Å². The van der Waals surface area contributed by atoms with E-state index in [4.69, 9.17) is 10.00 Å². The van der Waals surface area contributed by atoms with Gasteiger partial charge in [0, 0.05) is 20.1 Å². The lowest BCUT2D eigenvalue weighted by molar-refractivity contribution is 0.122. The topological polar surface area (TPSA) is 87.0 Å². The van der Waals surface area contributed by atoms with Crippen molar-refractivity contribution in [2.45, 2.75) is 0 Å². The number of nitriles is 1. The summed E-state index contributed by atoms with van der Waals surface area (Å²) in [6, 6.07) is 5.77. The third kappa shape index (κ3) is 2.94. The largest absolute Gasteiger partial charge is 0.378 e. The van der Waals surface area contributed by atoms with Gasteiger partial charge >= 0.3 is 0 Å². The highest BCUT2D eigenvalue weighted by atomic mass is 32.1. The first-order chi connectivity index (χ1) is 10.3. The van der Waals surface area contributed by atoms with Gasteiger partial charge in [0.05, 0.1) is 18.1 Å². The first-order valence-electron chi connectivity index (χ1n) is 6.57. The Morgan fingerprint density at radius 2 is 2.10 bits per heavy atom. The molecule has 1 N–H and O–H groups in total. The molecule has 0 atom stereocenters. The highest BCUT2D eigenvalue weighted by Gasteiger charge is 2.17. The molecular formula is C13H14N6OS. The summed E-state index contributed by atoms with van der Waals surface area (Å²) in [4.78, 5) is 16.9. The van der Waals surface area contributed by atoms with Crippen molar-refractivity contribution >= 4 is 23.2 Å². The summed E-state index contributed by atoms with van der Waals surface area (Å²) in [5, 5.41) is 11.9. The quantitative estimate of drug-likeness (QED) is 0.915. The number of anilines is 2. The van der Waals surface area contributed by atoms with Crippen molar-refractivity contribution in [3.8, 4) is 16.8 Å². The van der Waals surface area contributed by atoms with E-state index in [1.54, 1.807) is 13.1 Å². The summed E-state index contributed by atoms with van der Waals surface area (Å²) >= 11 is 1.38. The molecular weight excluding hydrogens is 288 g/mol. The number of nitrogens with zero attached hydrogens (tertiary/aromatic N) is 5. The van der Waals surface area contributed by atoms with Crippen molar-refractivity contribution in [1.82, 2.24) is 15.0 Å². The fourth-order valence-corrected chi connectivity index (χ4v) is 2.75. The van der Waals surface area contributed by atoms with Crippen molar-refractivity contribution in [3.05, 3.63) is 17.0 Å². The minimum absolute atomic E-state index is 0.522. The lowest BCUT2D eigenvalue weighted by Gasteiger charge is -2.26. The molecule has 7 nitrogen and oxygen atoms in total. The van der Waals surface area contributed by atoms with Gasteiger partial charge in [-0.1, -0.05) is 0 Å². The third-order valence-corrected chi connectivity index (χ3v) is 4.06. The van der Waals surface area contributed by atoms with E-state index in [0.717, 1.165) is 18.0 Å². The Bertz CT molecular complexity index is 674. The van der Waals surface area contributed by atoms with Crippen molar-refractivity contribution in [1.29, 1.82) is 5.26 Å². The molecule has 0 bridgehead atoms. The van der Waals surface area contributed by atoms with Gasteiger partial charge in [-0.15, -0.1) is 11.3 Å². The van der Waals surface area contributed by atoms with Crippen molar-refractivity contribution in [2.24, 2.45) is 0 Å². The predicted molar refractivity (Wildman–Crippen MR) is 80.4 cm³/mol. The van der Waals surface area contributed by atoms with Gasteiger partial charge in [0.2, 0.25) is 11.9 Å². The SMILES string of the molecule is CNc1nc(-c2ccc(C#N)s2)nc(N2CCOCC2)n1. The summed E-state index contributed by atoms with van der Waals surface area (Å²) in [7, 11) is 1.78. The van der Waals surface area contributed by atoms with E-state index >= 15 is 0 Å². The Morgan fingerprint density at radius 3 is 2.76 bits per heavy atom. The molecule has 1 saturated heterocycles. The molecule has 108 valence electrons. The predicted octanol–water partition coefficient (Wildman–Crippen LogP) is 1.35. The number of hydrogen-bond acceptors (Lipinski definition) is 8. The van der Waals surface area contributed by atoms with Crippen molar-refractivity contribution < 1.29 is 4.74 Å². The summed E-state index contributed by atoms with van der Waals surface area (Å²) in [6.07, 6.45) is 0. The fraction of sp³-hybridized carbons (Fsp3) is 0.385. The van der Waals surface area contributed by atoms with E-state index in [-0.39, 0.29) is 0 Å². The normalized spacial score (nSPS) is 14.8. The van der Waals surface area contributed by atoms with Gasteiger partial charge in [-0.3, -0.25) is 0 Å². The van der Waals surface area contributed by atoms with Gasteiger partial charge in [0.1, 0.15) is 10.9 Å². The second kappa shape index (κ2) is 6.03. The van der Waals surface area contributed by atoms with Gasteiger partial charge in [0.25, 0.3) is 0 Å². The molecule has 0 radical (unpaired) electrons. The summed E-state index contributed by atoms with van der Waals surface area (Å²) < 4.78 is 5.35. The molecule has 1 aliphatic rings. The molecule has 2 aromatic rings. The van der Waals surface area contributed by atoms with Crippen LogP contribution >= 0.6 is 11.3 Å². The average molecular weight is 302 g/mol.